The first-order chi connectivity index (χ1) is 15.3. The molecule has 0 aromatic carbocycles. The molecule has 0 radical (unpaired) electrons. The van der Waals surface area contributed by atoms with Crippen LogP contribution in [0.3, 0.4) is 0 Å². The maximum absolute atomic E-state index is 13.5. The van der Waals surface area contributed by atoms with E-state index in [1.54, 1.807) is 0 Å². The lowest BCUT2D eigenvalue weighted by Crippen LogP contribution is -2.67. The minimum atomic E-state index is -0.723. The zero-order valence-corrected chi connectivity index (χ0v) is 22.2. The molecular formula is C30H48O3. The van der Waals surface area contributed by atoms with Gasteiger partial charge in [-0.2, -0.15) is 0 Å². The summed E-state index contributed by atoms with van der Waals surface area (Å²) in [6.07, 6.45) is 11.5. The summed E-state index contributed by atoms with van der Waals surface area (Å²) in [5.41, 5.74) is 0.615. The highest BCUT2D eigenvalue weighted by molar-refractivity contribution is 5.81. The number of hydrogen-bond acceptors (Lipinski definition) is 2. The summed E-state index contributed by atoms with van der Waals surface area (Å²) >= 11 is 0. The highest BCUT2D eigenvalue weighted by atomic mass is 16.4. The number of aliphatic carboxylic acids is 1. The van der Waals surface area contributed by atoms with Crippen LogP contribution >= 0.6 is 0 Å². The molecule has 0 amide bonds. The van der Waals surface area contributed by atoms with Crippen molar-refractivity contribution in [2.75, 3.05) is 0 Å². The Balaban J connectivity index is 1.66. The number of hydrogen-bond donors (Lipinski definition) is 2. The van der Waals surface area contributed by atoms with Crippen LogP contribution < -0.4 is 0 Å². The first kappa shape index (κ1) is 23.9. The summed E-state index contributed by atoms with van der Waals surface area (Å²) in [6, 6.07) is 0. The summed E-state index contributed by atoms with van der Waals surface area (Å²) in [6.45, 7) is 16.6. The Bertz CT molecular complexity index is 874. The van der Waals surface area contributed by atoms with Crippen molar-refractivity contribution in [1.29, 1.82) is 0 Å². The van der Waals surface area contributed by atoms with Crippen LogP contribution in [-0.4, -0.2) is 22.3 Å². The zero-order valence-electron chi connectivity index (χ0n) is 22.2. The Morgan fingerprint density at radius 2 is 1.61 bits per heavy atom. The average Bonchev–Trinajstić information content (AvgIpc) is 2.73. The van der Waals surface area contributed by atoms with E-state index in [4.69, 9.17) is 0 Å². The third-order valence-corrected chi connectivity index (χ3v) is 13.2. The van der Waals surface area contributed by atoms with Crippen molar-refractivity contribution in [2.24, 2.45) is 56.7 Å². The molecule has 0 aromatic heterocycles. The van der Waals surface area contributed by atoms with Crippen LogP contribution in [0.15, 0.2) is 11.6 Å². The van der Waals surface area contributed by atoms with Gasteiger partial charge in [-0.25, -0.2) is 0 Å². The predicted molar refractivity (Wildman–Crippen MR) is 133 cm³/mol. The third-order valence-electron chi connectivity index (χ3n) is 13.2. The fourth-order valence-corrected chi connectivity index (χ4v) is 11.0. The van der Waals surface area contributed by atoms with Gasteiger partial charge >= 0.3 is 5.97 Å². The maximum Gasteiger partial charge on any atom is 0.314 e. The molecule has 0 aromatic rings. The predicted octanol–water partition coefficient (Wildman–Crippen LogP) is 7.09. The molecule has 3 nitrogen and oxygen atoms in total. The van der Waals surface area contributed by atoms with Gasteiger partial charge in [0.2, 0.25) is 0 Å². The van der Waals surface area contributed by atoms with Gasteiger partial charge in [-0.3, -0.25) is 4.79 Å². The van der Waals surface area contributed by atoms with E-state index >= 15 is 0 Å². The molecule has 10 atom stereocenters. The van der Waals surface area contributed by atoms with Crippen molar-refractivity contribution in [3.05, 3.63) is 11.6 Å². The van der Waals surface area contributed by atoms with E-state index in [1.807, 2.05) is 0 Å². The molecule has 33 heavy (non-hydrogen) atoms. The molecule has 5 rings (SSSR count). The smallest absolute Gasteiger partial charge is 0.314 e. The van der Waals surface area contributed by atoms with Gasteiger partial charge in [0, 0.05) is 0 Å². The van der Waals surface area contributed by atoms with Crippen molar-refractivity contribution < 1.29 is 15.0 Å². The highest BCUT2D eigenvalue weighted by Gasteiger charge is 2.71. The van der Waals surface area contributed by atoms with E-state index in [1.165, 1.54) is 18.4 Å². The minimum Gasteiger partial charge on any atom is -0.481 e. The van der Waals surface area contributed by atoms with Crippen molar-refractivity contribution in [3.63, 3.8) is 0 Å². The largest absolute Gasteiger partial charge is 0.481 e. The summed E-state index contributed by atoms with van der Waals surface area (Å²) in [5.74, 6) is 1.88. The Hall–Kier alpha value is -0.830. The number of aliphatic hydroxyl groups excluding tert-OH is 1. The van der Waals surface area contributed by atoms with E-state index < -0.39 is 11.4 Å². The lowest BCUT2D eigenvalue weighted by molar-refractivity contribution is -0.214. The number of carboxylic acids is 1. The zero-order chi connectivity index (χ0) is 24.2. The monoisotopic (exact) mass is 456 g/mol. The number of carbonyl (C=O) groups is 1. The normalized spacial score (nSPS) is 55.3. The van der Waals surface area contributed by atoms with Crippen LogP contribution in [-0.2, 0) is 4.79 Å². The van der Waals surface area contributed by atoms with Crippen LogP contribution in [0.4, 0.5) is 0 Å². The van der Waals surface area contributed by atoms with E-state index in [-0.39, 0.29) is 27.8 Å². The maximum atomic E-state index is 13.5. The number of allylic oxidation sites excluding steroid dienone is 1. The summed E-state index contributed by atoms with van der Waals surface area (Å²) in [4.78, 5) is 13.5. The Morgan fingerprint density at radius 3 is 2.27 bits per heavy atom. The fraction of sp³-hybridized carbons (Fsp3) is 0.900. The third kappa shape index (κ3) is 2.75. The van der Waals surface area contributed by atoms with E-state index in [9.17, 15) is 15.0 Å². The Labute approximate surface area is 201 Å². The van der Waals surface area contributed by atoms with Crippen LogP contribution in [0, 0.1) is 56.7 Å². The van der Waals surface area contributed by atoms with Gasteiger partial charge in [0.05, 0.1) is 11.5 Å². The summed E-state index contributed by atoms with van der Waals surface area (Å²) in [5, 5.41) is 22.0. The Morgan fingerprint density at radius 1 is 0.909 bits per heavy atom. The summed E-state index contributed by atoms with van der Waals surface area (Å²) in [7, 11) is 0. The Kier molecular flexibility index (Phi) is 5.15. The molecule has 2 N–H and O–H groups in total. The SMILES string of the molecule is CC1CCC2(C)CCC3(C(=O)O)C(=CCC4C5(C)CCC(O)C(C)(C)C5CCC43C)C2C1C. The molecule has 5 aliphatic carbocycles. The highest BCUT2D eigenvalue weighted by Crippen LogP contribution is 2.75. The van der Waals surface area contributed by atoms with Crippen molar-refractivity contribution >= 4 is 5.97 Å². The molecule has 0 bridgehead atoms. The lowest BCUT2D eigenvalue weighted by atomic mass is 9.33. The van der Waals surface area contributed by atoms with Crippen LogP contribution in [0.2, 0.25) is 0 Å². The molecule has 0 saturated heterocycles. The summed E-state index contributed by atoms with van der Waals surface area (Å²) < 4.78 is 0. The fourth-order valence-electron chi connectivity index (χ4n) is 11.0. The molecule has 0 aliphatic heterocycles. The van der Waals surface area contributed by atoms with Crippen LogP contribution in [0.5, 0.6) is 0 Å². The van der Waals surface area contributed by atoms with Gasteiger partial charge in [0.15, 0.2) is 0 Å². The number of fused-ring (bicyclic) bond motifs is 7. The van der Waals surface area contributed by atoms with Crippen molar-refractivity contribution in [1.82, 2.24) is 0 Å². The second-order valence-corrected chi connectivity index (χ2v) is 14.6. The molecule has 5 aliphatic rings. The minimum absolute atomic E-state index is 0.0897. The van der Waals surface area contributed by atoms with Gasteiger partial charge in [0.1, 0.15) is 0 Å². The molecule has 0 heterocycles. The van der Waals surface area contributed by atoms with Gasteiger partial charge in [-0.1, -0.05) is 60.1 Å². The molecule has 10 unspecified atom stereocenters. The van der Waals surface area contributed by atoms with Crippen molar-refractivity contribution in [3.8, 4) is 0 Å². The van der Waals surface area contributed by atoms with E-state index in [0.717, 1.165) is 44.9 Å². The van der Waals surface area contributed by atoms with Gasteiger partial charge < -0.3 is 10.2 Å². The van der Waals surface area contributed by atoms with Crippen LogP contribution in [0.25, 0.3) is 0 Å². The molecule has 4 fully saturated rings. The topological polar surface area (TPSA) is 57.5 Å². The molecule has 186 valence electrons. The van der Waals surface area contributed by atoms with E-state index in [0.29, 0.717) is 29.6 Å². The molecular weight excluding hydrogens is 408 g/mol. The first-order valence-corrected chi connectivity index (χ1v) is 13.9. The second kappa shape index (κ2) is 7.11. The van der Waals surface area contributed by atoms with E-state index in [2.05, 4.69) is 54.5 Å². The number of aliphatic hydroxyl groups is 1. The molecule has 0 spiro atoms. The quantitative estimate of drug-likeness (QED) is 0.414. The lowest BCUT2D eigenvalue weighted by Gasteiger charge is -2.70. The van der Waals surface area contributed by atoms with Crippen LogP contribution in [0.1, 0.15) is 106 Å². The van der Waals surface area contributed by atoms with Gasteiger partial charge in [-0.15, -0.1) is 0 Å². The average molecular weight is 457 g/mol. The number of rotatable bonds is 1. The number of carboxylic acid groups (broad SMARTS) is 1. The van der Waals surface area contributed by atoms with Crippen molar-refractivity contribution in [2.45, 2.75) is 112 Å². The standard InChI is InChI=1S/C30H48O3/c1-18-10-13-27(5)16-17-30(25(32)33)20(24(27)19(18)2)8-9-22-28(6)14-12-23(31)26(3,4)21(28)11-15-29(22,30)7/h8,18-19,21-24,31H,9-17H2,1-7H3,(H,32,33). The van der Waals surface area contributed by atoms with Gasteiger partial charge in [-0.05, 0) is 109 Å². The molecule has 4 saturated carbocycles. The first-order valence-electron chi connectivity index (χ1n) is 13.9. The molecule has 3 heteroatoms. The second-order valence-electron chi connectivity index (χ2n) is 14.6. The van der Waals surface area contributed by atoms with Gasteiger partial charge in [0.25, 0.3) is 0 Å².